The van der Waals surface area contributed by atoms with Crippen molar-refractivity contribution in [3.63, 3.8) is 0 Å². The predicted molar refractivity (Wildman–Crippen MR) is 45.7 cm³/mol. The highest BCUT2D eigenvalue weighted by Gasteiger charge is 2.09. The summed E-state index contributed by atoms with van der Waals surface area (Å²) in [7, 11) is -3.43. The zero-order valence-electron chi connectivity index (χ0n) is 6.95. The molecule has 6 heteroatoms. The summed E-state index contributed by atoms with van der Waals surface area (Å²) in [5.41, 5.74) is 5.47. The molecule has 0 aromatic rings. The number of sulfonamides is 1. The van der Waals surface area contributed by atoms with Gasteiger partial charge >= 0.3 is 0 Å². The van der Waals surface area contributed by atoms with E-state index < -0.39 is 15.8 Å². The molecule has 0 saturated heterocycles. The standard InChI is InChI=1S/C6H13N3O2S/c1-2-6(8)5-9-12(10,11)4-3-7/h6,9H,2,4-5,8H2,1H3. The summed E-state index contributed by atoms with van der Waals surface area (Å²) in [6, 6.07) is 1.38. The highest BCUT2D eigenvalue weighted by atomic mass is 32.2. The van der Waals surface area contributed by atoms with Crippen LogP contribution < -0.4 is 10.5 Å². The van der Waals surface area contributed by atoms with Crippen LogP contribution in [0.15, 0.2) is 0 Å². The van der Waals surface area contributed by atoms with Crippen LogP contribution in [0.5, 0.6) is 0 Å². The quantitative estimate of drug-likeness (QED) is 0.592. The highest BCUT2D eigenvalue weighted by molar-refractivity contribution is 7.89. The van der Waals surface area contributed by atoms with E-state index >= 15 is 0 Å². The minimum Gasteiger partial charge on any atom is -0.327 e. The molecule has 0 saturated carbocycles. The maximum absolute atomic E-state index is 10.9. The van der Waals surface area contributed by atoms with Crippen LogP contribution in [0.1, 0.15) is 13.3 Å². The van der Waals surface area contributed by atoms with Gasteiger partial charge in [0, 0.05) is 12.6 Å². The summed E-state index contributed by atoms with van der Waals surface area (Å²) < 4.78 is 24.0. The molecule has 70 valence electrons. The molecule has 0 rings (SSSR count). The molecule has 0 aromatic heterocycles. The Morgan fingerprint density at radius 1 is 1.67 bits per heavy atom. The van der Waals surface area contributed by atoms with Crippen molar-refractivity contribution in [2.75, 3.05) is 12.3 Å². The third-order valence-corrected chi connectivity index (χ3v) is 2.46. The molecule has 0 aliphatic heterocycles. The second kappa shape index (κ2) is 5.09. The Hall–Kier alpha value is -0.640. The summed E-state index contributed by atoms with van der Waals surface area (Å²) in [6.45, 7) is 2.06. The fraction of sp³-hybridized carbons (Fsp3) is 0.833. The first kappa shape index (κ1) is 11.4. The SMILES string of the molecule is CCC(N)CNS(=O)(=O)CC#N. The van der Waals surface area contributed by atoms with E-state index in [0.29, 0.717) is 6.42 Å². The van der Waals surface area contributed by atoms with E-state index in [9.17, 15) is 8.42 Å². The molecule has 12 heavy (non-hydrogen) atoms. The number of hydrogen-bond acceptors (Lipinski definition) is 4. The molecule has 3 N–H and O–H groups in total. The van der Waals surface area contributed by atoms with Crippen molar-refractivity contribution in [1.82, 2.24) is 4.72 Å². The number of hydrogen-bond donors (Lipinski definition) is 2. The van der Waals surface area contributed by atoms with Crippen molar-refractivity contribution in [3.05, 3.63) is 0 Å². The first-order valence-corrected chi connectivity index (χ1v) is 5.27. The Balaban J connectivity index is 3.86. The zero-order chi connectivity index (χ0) is 9.61. The molecule has 1 atom stereocenters. The van der Waals surface area contributed by atoms with E-state index in [1.807, 2.05) is 6.92 Å². The Morgan fingerprint density at radius 2 is 2.25 bits per heavy atom. The van der Waals surface area contributed by atoms with E-state index in [1.54, 1.807) is 6.07 Å². The van der Waals surface area contributed by atoms with Crippen molar-refractivity contribution in [1.29, 1.82) is 5.26 Å². The van der Waals surface area contributed by atoms with E-state index in [2.05, 4.69) is 4.72 Å². The maximum atomic E-state index is 10.9. The van der Waals surface area contributed by atoms with E-state index in [0.717, 1.165) is 0 Å². The molecule has 0 aliphatic carbocycles. The van der Waals surface area contributed by atoms with Gasteiger partial charge in [0.2, 0.25) is 10.0 Å². The molecule has 0 aromatic carbocycles. The smallest absolute Gasteiger partial charge is 0.225 e. The molecule has 0 spiro atoms. The van der Waals surface area contributed by atoms with Crippen LogP contribution >= 0.6 is 0 Å². The minimum absolute atomic E-state index is 0.182. The van der Waals surface area contributed by atoms with Crippen LogP contribution in [0.25, 0.3) is 0 Å². The zero-order valence-corrected chi connectivity index (χ0v) is 7.76. The lowest BCUT2D eigenvalue weighted by atomic mass is 10.2. The number of nitrogens with two attached hydrogens (primary N) is 1. The molecule has 5 nitrogen and oxygen atoms in total. The second-order valence-corrected chi connectivity index (χ2v) is 4.24. The Kier molecular flexibility index (Phi) is 4.81. The minimum atomic E-state index is -3.43. The lowest BCUT2D eigenvalue weighted by Gasteiger charge is -2.08. The predicted octanol–water partition coefficient (Wildman–Crippen LogP) is -0.833. The van der Waals surface area contributed by atoms with Gasteiger partial charge in [0.15, 0.2) is 5.75 Å². The normalized spacial score (nSPS) is 13.8. The van der Waals surface area contributed by atoms with E-state index in [-0.39, 0.29) is 12.6 Å². The summed E-state index contributed by atoms with van der Waals surface area (Å²) in [5.74, 6) is -0.510. The second-order valence-electron chi connectivity index (χ2n) is 2.43. The third-order valence-electron chi connectivity index (χ3n) is 1.34. The van der Waals surface area contributed by atoms with Gasteiger partial charge in [0.1, 0.15) is 0 Å². The number of nitrogens with one attached hydrogen (secondary N) is 1. The fourth-order valence-corrected chi connectivity index (χ4v) is 1.25. The Labute approximate surface area is 72.6 Å². The Bertz CT molecular complexity index is 254. The van der Waals surface area contributed by atoms with Crippen LogP contribution in [0, 0.1) is 11.3 Å². The molecular weight excluding hydrogens is 178 g/mol. The van der Waals surface area contributed by atoms with Crippen LogP contribution in [-0.2, 0) is 10.0 Å². The lowest BCUT2D eigenvalue weighted by Crippen LogP contribution is -2.37. The summed E-state index contributed by atoms with van der Waals surface area (Å²) in [4.78, 5) is 0. The number of nitrogens with zero attached hydrogens (tertiary/aromatic N) is 1. The van der Waals surface area contributed by atoms with Gasteiger partial charge in [-0.2, -0.15) is 5.26 Å². The van der Waals surface area contributed by atoms with Gasteiger partial charge < -0.3 is 5.73 Å². The van der Waals surface area contributed by atoms with Gasteiger partial charge in [0.25, 0.3) is 0 Å². The van der Waals surface area contributed by atoms with Crippen molar-refractivity contribution < 1.29 is 8.42 Å². The third kappa shape index (κ3) is 5.07. The van der Waals surface area contributed by atoms with Crippen LogP contribution in [0.2, 0.25) is 0 Å². The average Bonchev–Trinajstić information content (AvgIpc) is 2.00. The van der Waals surface area contributed by atoms with E-state index in [4.69, 9.17) is 11.0 Å². The summed E-state index contributed by atoms with van der Waals surface area (Å²) in [5, 5.41) is 8.12. The lowest BCUT2D eigenvalue weighted by molar-refractivity contribution is 0.567. The van der Waals surface area contributed by atoms with Crippen LogP contribution in [0.3, 0.4) is 0 Å². The Morgan fingerprint density at radius 3 is 2.67 bits per heavy atom. The molecule has 1 unspecified atom stereocenters. The topological polar surface area (TPSA) is 96.0 Å². The monoisotopic (exact) mass is 191 g/mol. The van der Waals surface area contributed by atoms with Gasteiger partial charge in [-0.1, -0.05) is 6.92 Å². The average molecular weight is 191 g/mol. The summed E-state index contributed by atoms with van der Waals surface area (Å²) >= 11 is 0. The molecule has 0 fully saturated rings. The highest BCUT2D eigenvalue weighted by Crippen LogP contribution is 1.86. The molecule has 0 radical (unpaired) electrons. The molecule has 0 amide bonds. The number of nitriles is 1. The van der Waals surface area contributed by atoms with Gasteiger partial charge in [-0.25, -0.2) is 13.1 Å². The van der Waals surface area contributed by atoms with Crippen molar-refractivity contribution >= 4 is 10.0 Å². The van der Waals surface area contributed by atoms with E-state index in [1.165, 1.54) is 0 Å². The molecule has 0 heterocycles. The largest absolute Gasteiger partial charge is 0.327 e. The number of rotatable bonds is 5. The molecule has 0 bridgehead atoms. The summed E-state index contributed by atoms with van der Waals surface area (Å²) in [6.07, 6.45) is 0.703. The van der Waals surface area contributed by atoms with Crippen molar-refractivity contribution in [2.45, 2.75) is 19.4 Å². The van der Waals surface area contributed by atoms with Gasteiger partial charge in [0.05, 0.1) is 6.07 Å². The fourth-order valence-electron chi connectivity index (χ4n) is 0.514. The van der Waals surface area contributed by atoms with Crippen molar-refractivity contribution in [3.8, 4) is 6.07 Å². The van der Waals surface area contributed by atoms with Gasteiger partial charge in [-0.05, 0) is 6.42 Å². The first-order valence-electron chi connectivity index (χ1n) is 3.61. The molecule has 0 aliphatic rings. The van der Waals surface area contributed by atoms with Crippen LogP contribution in [-0.4, -0.2) is 26.8 Å². The van der Waals surface area contributed by atoms with Crippen molar-refractivity contribution in [2.24, 2.45) is 5.73 Å². The van der Waals surface area contributed by atoms with Gasteiger partial charge in [-0.3, -0.25) is 0 Å². The first-order chi connectivity index (χ1) is 5.52. The van der Waals surface area contributed by atoms with Crippen LogP contribution in [0.4, 0.5) is 0 Å². The maximum Gasteiger partial charge on any atom is 0.225 e. The van der Waals surface area contributed by atoms with Gasteiger partial charge in [-0.15, -0.1) is 0 Å². The molecular formula is C6H13N3O2S.